The third-order valence-electron chi connectivity index (χ3n) is 3.86. The molecule has 1 aliphatic rings. The van der Waals surface area contributed by atoms with Crippen molar-refractivity contribution in [3.63, 3.8) is 0 Å². The van der Waals surface area contributed by atoms with E-state index in [9.17, 15) is 14.7 Å². The molecule has 1 fully saturated rings. The number of carboxylic acid groups (broad SMARTS) is 1. The molecule has 2 rings (SSSR count). The number of carbonyl (C=O) groups excluding carboxylic acids is 1. The Balaban J connectivity index is 2.14. The van der Waals surface area contributed by atoms with Crippen LogP contribution in [-0.4, -0.2) is 35.1 Å². The highest BCUT2D eigenvalue weighted by molar-refractivity contribution is 5.96. The van der Waals surface area contributed by atoms with Crippen LogP contribution in [0.5, 0.6) is 5.88 Å². The molecule has 114 valence electrons. The van der Waals surface area contributed by atoms with E-state index >= 15 is 0 Å². The highest BCUT2D eigenvalue weighted by Crippen LogP contribution is 2.24. The minimum atomic E-state index is -0.847. The van der Waals surface area contributed by atoms with E-state index in [1.54, 1.807) is 18.3 Å². The first-order chi connectivity index (χ1) is 10.1. The standard InChI is InChI=1S/C15H20N2O4/c1-21-14-11(7-5-9-16-14)13(18)17-12-8-4-2-3-6-10(12)15(19)20/h5,7,9-10,12H,2-4,6,8H2,1H3,(H,17,18)(H,19,20)/t10-,12-/m0/s1. The summed E-state index contributed by atoms with van der Waals surface area (Å²) in [6, 6.07) is 2.93. The predicted molar refractivity (Wildman–Crippen MR) is 76.3 cm³/mol. The van der Waals surface area contributed by atoms with Gasteiger partial charge >= 0.3 is 5.97 Å². The van der Waals surface area contributed by atoms with Crippen LogP contribution in [0.25, 0.3) is 0 Å². The van der Waals surface area contributed by atoms with Crippen LogP contribution in [0.2, 0.25) is 0 Å². The van der Waals surface area contributed by atoms with Crippen molar-refractivity contribution in [2.75, 3.05) is 7.11 Å². The minimum Gasteiger partial charge on any atom is -0.481 e. The Bertz CT molecular complexity index is 518. The molecule has 1 aromatic rings. The Morgan fingerprint density at radius 3 is 2.81 bits per heavy atom. The minimum absolute atomic E-state index is 0.246. The number of hydrogen-bond acceptors (Lipinski definition) is 4. The van der Waals surface area contributed by atoms with Crippen molar-refractivity contribution in [2.24, 2.45) is 5.92 Å². The molecule has 0 radical (unpaired) electrons. The van der Waals surface area contributed by atoms with Gasteiger partial charge in [0.15, 0.2) is 0 Å². The van der Waals surface area contributed by atoms with Crippen molar-refractivity contribution in [3.8, 4) is 5.88 Å². The zero-order chi connectivity index (χ0) is 15.2. The number of carboxylic acids is 1. The lowest BCUT2D eigenvalue weighted by atomic mass is 9.94. The monoisotopic (exact) mass is 292 g/mol. The first-order valence-electron chi connectivity index (χ1n) is 7.16. The van der Waals surface area contributed by atoms with E-state index in [-0.39, 0.29) is 17.8 Å². The zero-order valence-electron chi connectivity index (χ0n) is 12.0. The van der Waals surface area contributed by atoms with Gasteiger partial charge in [-0.25, -0.2) is 4.98 Å². The summed E-state index contributed by atoms with van der Waals surface area (Å²) in [6.07, 6.45) is 5.65. The van der Waals surface area contributed by atoms with E-state index in [1.807, 2.05) is 0 Å². The molecule has 1 saturated carbocycles. The first-order valence-corrected chi connectivity index (χ1v) is 7.16. The number of aromatic nitrogens is 1. The van der Waals surface area contributed by atoms with E-state index in [0.717, 1.165) is 19.3 Å². The normalized spacial score (nSPS) is 22.1. The maximum atomic E-state index is 12.3. The average Bonchev–Trinajstić information content (AvgIpc) is 2.72. The number of amides is 1. The molecule has 1 aliphatic carbocycles. The van der Waals surface area contributed by atoms with Gasteiger partial charge in [-0.2, -0.15) is 0 Å². The molecule has 6 heteroatoms. The SMILES string of the molecule is COc1ncccc1C(=O)N[C@H]1CCCCC[C@@H]1C(=O)O. The van der Waals surface area contributed by atoms with E-state index in [0.29, 0.717) is 18.4 Å². The Labute approximate surface area is 123 Å². The summed E-state index contributed by atoms with van der Waals surface area (Å²) in [5.74, 6) is -1.46. The number of nitrogens with one attached hydrogen (secondary N) is 1. The molecule has 0 aromatic carbocycles. The van der Waals surface area contributed by atoms with Crippen LogP contribution < -0.4 is 10.1 Å². The van der Waals surface area contributed by atoms with Crippen molar-refractivity contribution in [2.45, 2.75) is 38.1 Å². The number of pyridine rings is 1. The summed E-state index contributed by atoms with van der Waals surface area (Å²) >= 11 is 0. The van der Waals surface area contributed by atoms with E-state index < -0.39 is 11.9 Å². The molecule has 0 bridgehead atoms. The van der Waals surface area contributed by atoms with Crippen molar-refractivity contribution >= 4 is 11.9 Å². The van der Waals surface area contributed by atoms with Crippen molar-refractivity contribution in [3.05, 3.63) is 23.9 Å². The van der Waals surface area contributed by atoms with Crippen LogP contribution in [0.1, 0.15) is 42.5 Å². The van der Waals surface area contributed by atoms with Crippen LogP contribution in [0, 0.1) is 5.92 Å². The van der Waals surface area contributed by atoms with Crippen LogP contribution in [0.4, 0.5) is 0 Å². The van der Waals surface area contributed by atoms with Gasteiger partial charge in [0.05, 0.1) is 13.0 Å². The van der Waals surface area contributed by atoms with E-state index in [4.69, 9.17) is 4.74 Å². The summed E-state index contributed by atoms with van der Waals surface area (Å²) in [4.78, 5) is 27.7. The largest absolute Gasteiger partial charge is 0.481 e. The van der Waals surface area contributed by atoms with Gasteiger partial charge in [-0.05, 0) is 25.0 Å². The molecule has 2 atom stereocenters. The molecule has 2 N–H and O–H groups in total. The zero-order valence-corrected chi connectivity index (χ0v) is 12.0. The van der Waals surface area contributed by atoms with Gasteiger partial charge in [0.1, 0.15) is 5.56 Å². The van der Waals surface area contributed by atoms with Gasteiger partial charge in [-0.1, -0.05) is 19.3 Å². The van der Waals surface area contributed by atoms with Gasteiger partial charge in [0.25, 0.3) is 5.91 Å². The number of hydrogen-bond donors (Lipinski definition) is 2. The lowest BCUT2D eigenvalue weighted by Gasteiger charge is -2.23. The van der Waals surface area contributed by atoms with Crippen LogP contribution in [0.15, 0.2) is 18.3 Å². The summed E-state index contributed by atoms with van der Waals surface area (Å²) < 4.78 is 5.07. The summed E-state index contributed by atoms with van der Waals surface area (Å²) in [6.45, 7) is 0. The molecular formula is C15H20N2O4. The first kappa shape index (κ1) is 15.3. The second-order valence-electron chi connectivity index (χ2n) is 5.22. The van der Waals surface area contributed by atoms with Gasteiger partial charge in [-0.3, -0.25) is 9.59 Å². The number of aliphatic carboxylic acids is 1. The van der Waals surface area contributed by atoms with Crippen LogP contribution >= 0.6 is 0 Å². The fourth-order valence-electron chi connectivity index (χ4n) is 2.75. The van der Waals surface area contributed by atoms with E-state index in [2.05, 4.69) is 10.3 Å². The second-order valence-corrected chi connectivity index (χ2v) is 5.22. The van der Waals surface area contributed by atoms with Crippen molar-refractivity contribution < 1.29 is 19.4 Å². The number of ether oxygens (including phenoxy) is 1. The number of methoxy groups -OCH3 is 1. The molecular weight excluding hydrogens is 272 g/mol. The average molecular weight is 292 g/mol. The number of nitrogens with zero attached hydrogens (tertiary/aromatic N) is 1. The molecule has 1 amide bonds. The Morgan fingerprint density at radius 2 is 2.10 bits per heavy atom. The number of carbonyl (C=O) groups is 2. The highest BCUT2D eigenvalue weighted by Gasteiger charge is 2.31. The van der Waals surface area contributed by atoms with Gasteiger partial charge < -0.3 is 15.2 Å². The Morgan fingerprint density at radius 1 is 1.33 bits per heavy atom. The Hall–Kier alpha value is -2.11. The topological polar surface area (TPSA) is 88.5 Å². The molecule has 0 unspecified atom stereocenters. The third-order valence-corrected chi connectivity index (χ3v) is 3.86. The fourth-order valence-corrected chi connectivity index (χ4v) is 2.75. The molecule has 21 heavy (non-hydrogen) atoms. The summed E-state index contributed by atoms with van der Waals surface area (Å²) in [5, 5.41) is 12.2. The smallest absolute Gasteiger partial charge is 0.308 e. The van der Waals surface area contributed by atoms with E-state index in [1.165, 1.54) is 7.11 Å². The molecule has 0 spiro atoms. The lowest BCUT2D eigenvalue weighted by molar-refractivity contribution is -0.142. The van der Waals surface area contributed by atoms with Gasteiger partial charge in [-0.15, -0.1) is 0 Å². The van der Waals surface area contributed by atoms with Crippen molar-refractivity contribution in [1.29, 1.82) is 0 Å². The summed E-state index contributed by atoms with van der Waals surface area (Å²) in [5.41, 5.74) is 0.327. The predicted octanol–water partition coefficient (Wildman–Crippen LogP) is 1.85. The highest BCUT2D eigenvalue weighted by atomic mass is 16.5. The quantitative estimate of drug-likeness (QED) is 0.827. The fraction of sp³-hybridized carbons (Fsp3) is 0.533. The molecule has 1 heterocycles. The molecule has 0 saturated heterocycles. The summed E-state index contributed by atoms with van der Waals surface area (Å²) in [7, 11) is 1.45. The van der Waals surface area contributed by atoms with Crippen LogP contribution in [-0.2, 0) is 4.79 Å². The van der Waals surface area contributed by atoms with Crippen LogP contribution in [0.3, 0.4) is 0 Å². The van der Waals surface area contributed by atoms with Gasteiger partial charge in [0.2, 0.25) is 5.88 Å². The maximum Gasteiger partial charge on any atom is 0.308 e. The number of rotatable bonds is 4. The lowest BCUT2D eigenvalue weighted by Crippen LogP contribution is -2.43. The third kappa shape index (κ3) is 3.71. The van der Waals surface area contributed by atoms with Crippen molar-refractivity contribution in [1.82, 2.24) is 10.3 Å². The molecule has 1 aromatic heterocycles. The molecule has 6 nitrogen and oxygen atoms in total. The Kier molecular flexibility index (Phi) is 5.14. The second kappa shape index (κ2) is 7.06. The maximum absolute atomic E-state index is 12.3. The van der Waals surface area contributed by atoms with Gasteiger partial charge in [0, 0.05) is 12.2 Å². The molecule has 0 aliphatic heterocycles.